The molecular weight excluding hydrogens is 328 g/mol. The van der Waals surface area contributed by atoms with Crippen molar-refractivity contribution in [3.05, 3.63) is 59.0 Å². The van der Waals surface area contributed by atoms with Gasteiger partial charge in [-0.3, -0.25) is 4.79 Å². The van der Waals surface area contributed by atoms with Gasteiger partial charge in [-0.2, -0.15) is 0 Å². The number of pyridine rings is 1. The summed E-state index contributed by atoms with van der Waals surface area (Å²) in [6.45, 7) is 1.29. The molecule has 2 aromatic heterocycles. The summed E-state index contributed by atoms with van der Waals surface area (Å²) in [6.07, 6.45) is 3.22. The van der Waals surface area contributed by atoms with Gasteiger partial charge in [0.25, 0.3) is 5.91 Å². The van der Waals surface area contributed by atoms with Gasteiger partial charge >= 0.3 is 0 Å². The number of aryl methyl sites for hydroxylation is 1. The number of nitrogens with zero attached hydrogens (tertiary/aromatic N) is 3. The van der Waals surface area contributed by atoms with E-state index in [4.69, 9.17) is 16.3 Å². The number of fused-ring (bicyclic) bond motifs is 1. The minimum absolute atomic E-state index is 0.193. The molecule has 0 radical (unpaired) electrons. The van der Waals surface area contributed by atoms with Gasteiger partial charge in [0.05, 0.1) is 25.1 Å². The fourth-order valence-electron chi connectivity index (χ4n) is 2.30. The Morgan fingerprint density at radius 3 is 3.04 bits per heavy atom. The zero-order valence-electron chi connectivity index (χ0n) is 13.2. The van der Waals surface area contributed by atoms with E-state index in [0.717, 1.165) is 11.2 Å². The highest BCUT2D eigenvalue weighted by atomic mass is 35.5. The van der Waals surface area contributed by atoms with Gasteiger partial charge in [-0.15, -0.1) is 0 Å². The molecule has 0 fully saturated rings. The molecule has 0 bridgehead atoms. The van der Waals surface area contributed by atoms with Crippen LogP contribution in [0.1, 0.15) is 15.9 Å². The van der Waals surface area contributed by atoms with Crippen LogP contribution < -0.4 is 5.32 Å². The lowest BCUT2D eigenvalue weighted by Gasteiger charge is -2.07. The van der Waals surface area contributed by atoms with Crippen molar-refractivity contribution in [2.24, 2.45) is 7.05 Å². The number of benzene rings is 1. The average molecular weight is 345 g/mol. The van der Waals surface area contributed by atoms with Crippen molar-refractivity contribution in [2.45, 2.75) is 6.61 Å². The number of carbonyl (C=O) groups excluding carboxylic acids is 1. The molecule has 6 nitrogen and oxygen atoms in total. The lowest BCUT2D eigenvalue weighted by Crippen LogP contribution is -2.27. The summed E-state index contributed by atoms with van der Waals surface area (Å²) in [5.74, 6) is -0.193. The largest absolute Gasteiger partial charge is 0.375 e. The van der Waals surface area contributed by atoms with Crippen molar-refractivity contribution in [1.29, 1.82) is 0 Å². The van der Waals surface area contributed by atoms with Crippen LogP contribution in [0.5, 0.6) is 0 Å². The number of hydrogen-bond donors (Lipinski definition) is 1. The topological polar surface area (TPSA) is 69.0 Å². The van der Waals surface area contributed by atoms with E-state index in [-0.39, 0.29) is 5.91 Å². The first-order valence-electron chi connectivity index (χ1n) is 7.51. The molecule has 0 saturated heterocycles. The summed E-state index contributed by atoms with van der Waals surface area (Å²) in [5, 5.41) is 3.49. The molecule has 7 heteroatoms. The van der Waals surface area contributed by atoms with Crippen molar-refractivity contribution in [2.75, 3.05) is 13.2 Å². The Bertz CT molecular complexity index is 863. The first-order chi connectivity index (χ1) is 11.6. The number of nitrogens with one attached hydrogen (secondary N) is 1. The van der Waals surface area contributed by atoms with E-state index in [2.05, 4.69) is 15.3 Å². The van der Waals surface area contributed by atoms with Crippen LogP contribution in [-0.2, 0) is 18.4 Å². The van der Waals surface area contributed by atoms with E-state index in [9.17, 15) is 4.79 Å². The predicted molar refractivity (Wildman–Crippen MR) is 92.0 cm³/mol. The summed E-state index contributed by atoms with van der Waals surface area (Å²) in [4.78, 5) is 20.6. The van der Waals surface area contributed by atoms with Gasteiger partial charge in [-0.1, -0.05) is 23.7 Å². The number of amides is 1. The molecule has 2 heterocycles. The molecule has 1 aromatic carbocycles. The van der Waals surface area contributed by atoms with Crippen LogP contribution >= 0.6 is 11.6 Å². The molecule has 0 spiro atoms. The normalized spacial score (nSPS) is 10.9. The van der Waals surface area contributed by atoms with Gasteiger partial charge in [0.1, 0.15) is 5.52 Å². The van der Waals surface area contributed by atoms with Crippen molar-refractivity contribution >= 4 is 28.7 Å². The monoisotopic (exact) mass is 344 g/mol. The van der Waals surface area contributed by atoms with E-state index in [1.54, 1.807) is 23.2 Å². The minimum Gasteiger partial charge on any atom is -0.375 e. The van der Waals surface area contributed by atoms with E-state index in [1.165, 1.54) is 0 Å². The first kappa shape index (κ1) is 16.4. The molecule has 0 aliphatic heterocycles. The lowest BCUT2D eigenvalue weighted by atomic mass is 10.2. The lowest BCUT2D eigenvalue weighted by molar-refractivity contribution is 0.0900. The Balaban J connectivity index is 1.46. The molecular formula is C17H17ClN4O2. The Kier molecular flexibility index (Phi) is 5.08. The molecule has 1 N–H and O–H groups in total. The van der Waals surface area contributed by atoms with Crippen LogP contribution in [0.25, 0.3) is 11.2 Å². The molecule has 1 amide bonds. The molecule has 0 aliphatic carbocycles. The molecule has 0 atom stereocenters. The minimum atomic E-state index is -0.193. The molecule has 24 heavy (non-hydrogen) atoms. The summed E-state index contributed by atoms with van der Waals surface area (Å²) in [6, 6.07) is 9.22. The Morgan fingerprint density at radius 2 is 2.21 bits per heavy atom. The molecule has 0 unspecified atom stereocenters. The highest BCUT2D eigenvalue weighted by Crippen LogP contribution is 2.12. The van der Waals surface area contributed by atoms with Crippen LogP contribution in [0.15, 0.2) is 42.9 Å². The fraction of sp³-hybridized carbons (Fsp3) is 0.235. The zero-order chi connectivity index (χ0) is 16.9. The standard InChI is InChI=1S/C17H17ClN4O2/c1-22-11-21-15-8-13(9-20-16(15)22)17(23)19-5-6-24-10-12-3-2-4-14(18)7-12/h2-4,7-9,11H,5-6,10H2,1H3,(H,19,23). The number of rotatable bonds is 6. The van der Waals surface area contributed by atoms with Crippen molar-refractivity contribution in [3.8, 4) is 0 Å². The van der Waals surface area contributed by atoms with E-state index >= 15 is 0 Å². The summed E-state index contributed by atoms with van der Waals surface area (Å²) in [5.41, 5.74) is 2.92. The Hall–Kier alpha value is -2.44. The van der Waals surface area contributed by atoms with Gasteiger partial charge in [0.15, 0.2) is 5.65 Å². The third-order valence-corrected chi connectivity index (χ3v) is 3.74. The van der Waals surface area contributed by atoms with Crippen LogP contribution in [0, 0.1) is 0 Å². The summed E-state index contributed by atoms with van der Waals surface area (Å²) in [7, 11) is 1.86. The van der Waals surface area contributed by atoms with Crippen LogP contribution in [0.2, 0.25) is 5.02 Å². The summed E-state index contributed by atoms with van der Waals surface area (Å²) >= 11 is 5.91. The maximum absolute atomic E-state index is 12.1. The van der Waals surface area contributed by atoms with Crippen LogP contribution in [0.4, 0.5) is 0 Å². The number of hydrogen-bond acceptors (Lipinski definition) is 4. The molecule has 124 valence electrons. The van der Waals surface area contributed by atoms with Crippen molar-refractivity contribution in [3.63, 3.8) is 0 Å². The molecule has 3 rings (SSSR count). The highest BCUT2D eigenvalue weighted by molar-refractivity contribution is 6.30. The third kappa shape index (κ3) is 3.90. The zero-order valence-corrected chi connectivity index (χ0v) is 14.0. The van der Waals surface area contributed by atoms with Gasteiger partial charge in [0.2, 0.25) is 0 Å². The van der Waals surface area contributed by atoms with Crippen LogP contribution in [0.3, 0.4) is 0 Å². The van der Waals surface area contributed by atoms with E-state index in [1.807, 2.05) is 31.3 Å². The predicted octanol–water partition coefficient (Wildman–Crippen LogP) is 2.57. The van der Waals surface area contributed by atoms with Crippen molar-refractivity contribution in [1.82, 2.24) is 19.9 Å². The number of ether oxygens (including phenoxy) is 1. The van der Waals surface area contributed by atoms with E-state index in [0.29, 0.717) is 35.9 Å². The number of imidazole rings is 1. The van der Waals surface area contributed by atoms with Gasteiger partial charge in [-0.05, 0) is 23.8 Å². The van der Waals surface area contributed by atoms with Crippen LogP contribution in [-0.4, -0.2) is 33.6 Å². The number of aromatic nitrogens is 3. The highest BCUT2D eigenvalue weighted by Gasteiger charge is 2.09. The Labute approximate surface area is 144 Å². The third-order valence-electron chi connectivity index (χ3n) is 3.50. The Morgan fingerprint density at radius 1 is 1.33 bits per heavy atom. The maximum Gasteiger partial charge on any atom is 0.253 e. The average Bonchev–Trinajstić information content (AvgIpc) is 2.95. The summed E-state index contributed by atoms with van der Waals surface area (Å²) < 4.78 is 7.34. The second-order valence-electron chi connectivity index (χ2n) is 5.36. The van der Waals surface area contributed by atoms with Gasteiger partial charge < -0.3 is 14.6 Å². The smallest absolute Gasteiger partial charge is 0.253 e. The quantitative estimate of drug-likeness (QED) is 0.698. The van der Waals surface area contributed by atoms with Gasteiger partial charge in [-0.25, -0.2) is 9.97 Å². The second kappa shape index (κ2) is 7.42. The molecule has 3 aromatic rings. The number of carbonyl (C=O) groups is 1. The first-order valence-corrected chi connectivity index (χ1v) is 7.89. The molecule has 0 aliphatic rings. The molecule has 0 saturated carbocycles. The fourth-order valence-corrected chi connectivity index (χ4v) is 2.51. The maximum atomic E-state index is 12.1. The SMILES string of the molecule is Cn1cnc2cc(C(=O)NCCOCc3cccc(Cl)c3)cnc21. The van der Waals surface area contributed by atoms with Crippen molar-refractivity contribution < 1.29 is 9.53 Å². The van der Waals surface area contributed by atoms with E-state index < -0.39 is 0 Å². The number of halogens is 1. The van der Waals surface area contributed by atoms with Gasteiger partial charge in [0, 0.05) is 24.8 Å². The second-order valence-corrected chi connectivity index (χ2v) is 5.80.